The lowest BCUT2D eigenvalue weighted by Gasteiger charge is -2.28. The zero-order chi connectivity index (χ0) is 17.5. The molecule has 0 unspecified atom stereocenters. The molecule has 1 aliphatic carbocycles. The van der Waals surface area contributed by atoms with Crippen LogP contribution < -0.4 is 15.7 Å². The van der Waals surface area contributed by atoms with Gasteiger partial charge >= 0.3 is 0 Å². The first kappa shape index (κ1) is 18.4. The van der Waals surface area contributed by atoms with E-state index in [0.29, 0.717) is 6.04 Å². The summed E-state index contributed by atoms with van der Waals surface area (Å²) in [6, 6.07) is 20.2. The fourth-order valence-corrected chi connectivity index (χ4v) is 6.59. The van der Waals surface area contributed by atoms with Crippen molar-refractivity contribution in [2.75, 3.05) is 0 Å². The molecule has 0 spiro atoms. The van der Waals surface area contributed by atoms with Gasteiger partial charge in [-0.25, -0.2) is 0 Å². The zero-order valence-corrected chi connectivity index (χ0v) is 16.1. The predicted molar refractivity (Wildman–Crippen MR) is 108 cm³/mol. The van der Waals surface area contributed by atoms with E-state index in [1.807, 2.05) is 60.7 Å². The molecular formula is C22H30NOP. The van der Waals surface area contributed by atoms with E-state index in [1.54, 1.807) is 0 Å². The molecule has 0 saturated heterocycles. The lowest BCUT2D eigenvalue weighted by Crippen LogP contribution is -2.36. The number of hydrogen-bond donors (Lipinski definition) is 1. The summed E-state index contributed by atoms with van der Waals surface area (Å²) in [6.45, 7) is 2.22. The van der Waals surface area contributed by atoms with Crippen LogP contribution in [0.3, 0.4) is 0 Å². The first-order valence-electron chi connectivity index (χ1n) is 9.71. The van der Waals surface area contributed by atoms with Crippen molar-refractivity contribution in [2.24, 2.45) is 5.92 Å². The maximum Gasteiger partial charge on any atom is 0.204 e. The van der Waals surface area contributed by atoms with Crippen molar-refractivity contribution >= 4 is 17.9 Å². The van der Waals surface area contributed by atoms with Crippen molar-refractivity contribution in [1.29, 1.82) is 0 Å². The van der Waals surface area contributed by atoms with E-state index in [2.05, 4.69) is 12.0 Å². The maximum atomic E-state index is 14.2. The van der Waals surface area contributed by atoms with E-state index < -0.39 is 7.29 Å². The quantitative estimate of drug-likeness (QED) is 0.655. The summed E-state index contributed by atoms with van der Waals surface area (Å²) >= 11 is 0. The van der Waals surface area contributed by atoms with Crippen molar-refractivity contribution in [3.8, 4) is 0 Å². The van der Waals surface area contributed by atoms with Crippen LogP contribution in [0.5, 0.6) is 0 Å². The molecule has 134 valence electrons. The number of benzene rings is 2. The van der Waals surface area contributed by atoms with Gasteiger partial charge in [-0.1, -0.05) is 75.4 Å². The topological polar surface area (TPSA) is 29.1 Å². The van der Waals surface area contributed by atoms with Gasteiger partial charge in [0.25, 0.3) is 0 Å². The minimum Gasteiger partial charge on any atom is -0.297 e. The van der Waals surface area contributed by atoms with E-state index >= 15 is 0 Å². The first-order valence-corrected chi connectivity index (χ1v) is 11.4. The van der Waals surface area contributed by atoms with Crippen molar-refractivity contribution in [1.82, 2.24) is 5.09 Å². The Labute approximate surface area is 152 Å². The first-order chi connectivity index (χ1) is 12.2. The smallest absolute Gasteiger partial charge is 0.204 e. The van der Waals surface area contributed by atoms with Crippen LogP contribution in [0, 0.1) is 5.92 Å². The van der Waals surface area contributed by atoms with Crippen LogP contribution in [-0.2, 0) is 4.57 Å². The Hall–Kier alpha value is -1.37. The average molecular weight is 355 g/mol. The fraction of sp³-hybridized carbons (Fsp3) is 0.455. The van der Waals surface area contributed by atoms with E-state index in [4.69, 9.17) is 0 Å². The summed E-state index contributed by atoms with van der Waals surface area (Å²) in [5.74, 6) is 0.795. The molecule has 0 aromatic heterocycles. The highest BCUT2D eigenvalue weighted by atomic mass is 31.2. The third-order valence-electron chi connectivity index (χ3n) is 5.33. The van der Waals surface area contributed by atoms with Crippen molar-refractivity contribution in [3.63, 3.8) is 0 Å². The standard InChI is InChI=1S/C22H30NOP/c1-2-11-20(18-19-12-9-10-13-19)23-25(24,21-14-5-3-6-15-21)22-16-7-4-8-17-22/h3-8,14-17,19-20H,2,9-13,18H2,1H3,(H,23,24)/t20-/m1/s1. The van der Waals surface area contributed by atoms with Crippen LogP contribution in [0.25, 0.3) is 0 Å². The molecule has 1 N–H and O–H groups in total. The predicted octanol–water partition coefficient (Wildman–Crippen LogP) is 5.25. The van der Waals surface area contributed by atoms with Gasteiger partial charge < -0.3 is 0 Å². The summed E-state index contributed by atoms with van der Waals surface area (Å²) in [6.07, 6.45) is 8.74. The number of hydrogen-bond acceptors (Lipinski definition) is 1. The summed E-state index contributed by atoms with van der Waals surface area (Å²) < 4.78 is 14.2. The SMILES string of the molecule is CCC[C@H](CC1CCCC1)NP(=O)(c1ccccc1)c1ccccc1. The summed E-state index contributed by atoms with van der Waals surface area (Å²) in [7, 11) is -2.82. The molecule has 1 atom stereocenters. The molecule has 0 amide bonds. The van der Waals surface area contributed by atoms with Crippen LogP contribution in [0.15, 0.2) is 60.7 Å². The molecule has 0 bridgehead atoms. The van der Waals surface area contributed by atoms with Gasteiger partial charge in [0.15, 0.2) is 0 Å². The van der Waals surface area contributed by atoms with Crippen LogP contribution >= 0.6 is 7.29 Å². The summed E-state index contributed by atoms with van der Waals surface area (Å²) in [4.78, 5) is 0. The third kappa shape index (κ3) is 4.63. The Bertz CT molecular complexity index is 636. The third-order valence-corrected chi connectivity index (χ3v) is 8.11. The van der Waals surface area contributed by atoms with Gasteiger partial charge in [-0.15, -0.1) is 0 Å². The van der Waals surface area contributed by atoms with Crippen LogP contribution in [0.4, 0.5) is 0 Å². The lowest BCUT2D eigenvalue weighted by atomic mass is 9.96. The molecule has 0 heterocycles. The molecular weight excluding hydrogens is 325 g/mol. The Kier molecular flexibility index (Phi) is 6.51. The van der Waals surface area contributed by atoms with Crippen LogP contribution in [0.2, 0.25) is 0 Å². The summed E-state index contributed by atoms with van der Waals surface area (Å²) in [5.41, 5.74) is 0. The normalized spacial score (nSPS) is 16.8. The van der Waals surface area contributed by atoms with E-state index in [-0.39, 0.29) is 0 Å². The van der Waals surface area contributed by atoms with E-state index in [0.717, 1.165) is 35.8 Å². The highest BCUT2D eigenvalue weighted by molar-refractivity contribution is 7.76. The Morgan fingerprint density at radius 2 is 1.48 bits per heavy atom. The van der Waals surface area contributed by atoms with Crippen molar-refractivity contribution in [2.45, 2.75) is 57.9 Å². The highest BCUT2D eigenvalue weighted by Crippen LogP contribution is 2.41. The lowest BCUT2D eigenvalue weighted by molar-refractivity contribution is 0.403. The molecule has 3 rings (SSSR count). The molecule has 0 radical (unpaired) electrons. The monoisotopic (exact) mass is 355 g/mol. The van der Waals surface area contributed by atoms with Gasteiger partial charge in [-0.3, -0.25) is 9.65 Å². The number of rotatable bonds is 8. The maximum absolute atomic E-state index is 14.2. The largest absolute Gasteiger partial charge is 0.297 e. The highest BCUT2D eigenvalue weighted by Gasteiger charge is 2.31. The Balaban J connectivity index is 1.89. The van der Waals surface area contributed by atoms with Crippen molar-refractivity contribution in [3.05, 3.63) is 60.7 Å². The van der Waals surface area contributed by atoms with Gasteiger partial charge in [-0.2, -0.15) is 0 Å². The van der Waals surface area contributed by atoms with Gasteiger partial charge in [0, 0.05) is 16.7 Å². The molecule has 2 aromatic carbocycles. The van der Waals surface area contributed by atoms with Crippen molar-refractivity contribution < 1.29 is 4.57 Å². The van der Waals surface area contributed by atoms with Gasteiger partial charge in [-0.05, 0) is 43.0 Å². The molecule has 1 fully saturated rings. The number of nitrogens with one attached hydrogen (secondary N) is 1. The van der Waals surface area contributed by atoms with Crippen LogP contribution in [0.1, 0.15) is 51.9 Å². The summed E-state index contributed by atoms with van der Waals surface area (Å²) in [5, 5.41) is 5.47. The zero-order valence-electron chi connectivity index (χ0n) is 15.2. The Morgan fingerprint density at radius 3 is 1.96 bits per heavy atom. The van der Waals surface area contributed by atoms with Gasteiger partial charge in [0.2, 0.25) is 7.29 Å². The fourth-order valence-electron chi connectivity index (χ4n) is 4.06. The molecule has 2 aromatic rings. The van der Waals surface area contributed by atoms with Crippen LogP contribution in [-0.4, -0.2) is 6.04 Å². The minimum atomic E-state index is -2.82. The molecule has 2 nitrogen and oxygen atoms in total. The second-order valence-electron chi connectivity index (χ2n) is 7.28. The second kappa shape index (κ2) is 8.83. The van der Waals surface area contributed by atoms with Gasteiger partial charge in [0.1, 0.15) is 0 Å². The molecule has 3 heteroatoms. The Morgan fingerprint density at radius 1 is 0.960 bits per heavy atom. The molecule has 1 aliphatic rings. The average Bonchev–Trinajstić information content (AvgIpc) is 3.16. The minimum absolute atomic E-state index is 0.319. The van der Waals surface area contributed by atoms with E-state index in [9.17, 15) is 4.57 Å². The molecule has 0 aliphatic heterocycles. The molecule has 1 saturated carbocycles. The second-order valence-corrected chi connectivity index (χ2v) is 9.79. The molecule has 25 heavy (non-hydrogen) atoms. The van der Waals surface area contributed by atoms with E-state index in [1.165, 1.54) is 25.7 Å². The van der Waals surface area contributed by atoms with Gasteiger partial charge in [0.05, 0.1) is 0 Å².